The molecule has 1 aliphatic rings. The van der Waals surface area contributed by atoms with Gasteiger partial charge in [0.2, 0.25) is 0 Å². The number of anilines is 1. The molecule has 2 atom stereocenters. The molecule has 1 fully saturated rings. The van der Waals surface area contributed by atoms with E-state index in [0.29, 0.717) is 10.6 Å². The van der Waals surface area contributed by atoms with Crippen molar-refractivity contribution in [1.29, 1.82) is 5.26 Å². The van der Waals surface area contributed by atoms with E-state index >= 15 is 0 Å². The first-order valence-electron chi connectivity index (χ1n) is 11.6. The Morgan fingerprint density at radius 1 is 1.00 bits per heavy atom. The minimum absolute atomic E-state index is 0.173. The molecule has 35 heavy (non-hydrogen) atoms. The van der Waals surface area contributed by atoms with Crippen LogP contribution in [0.1, 0.15) is 19.4 Å². The standard InChI is InChI=1S/C29H26ClN3O2/c1-18-16-33(17-19(2)35-18)22-11-12-24(27(30)13-22)26-15-32-28-23(5-4-6-25(28)29(26)34-3)21-9-7-20(14-31)8-10-21/h4-13,15,18-19H,16-17H2,1-3H3. The second-order valence-corrected chi connectivity index (χ2v) is 9.33. The Balaban J connectivity index is 1.56. The maximum absolute atomic E-state index is 9.12. The lowest BCUT2D eigenvalue weighted by Gasteiger charge is -2.37. The molecule has 5 nitrogen and oxygen atoms in total. The van der Waals surface area contributed by atoms with Crippen LogP contribution in [0.4, 0.5) is 5.69 Å². The lowest BCUT2D eigenvalue weighted by atomic mass is 9.98. The number of hydrogen-bond acceptors (Lipinski definition) is 5. The molecule has 176 valence electrons. The summed E-state index contributed by atoms with van der Waals surface area (Å²) in [6.45, 7) is 5.85. The highest BCUT2D eigenvalue weighted by molar-refractivity contribution is 6.33. The van der Waals surface area contributed by atoms with Gasteiger partial charge in [-0.3, -0.25) is 4.98 Å². The Kier molecular flexibility index (Phi) is 6.34. The minimum atomic E-state index is 0.173. The van der Waals surface area contributed by atoms with Gasteiger partial charge in [0.05, 0.1) is 41.5 Å². The molecule has 1 aliphatic heterocycles. The number of ether oxygens (including phenoxy) is 2. The number of hydrogen-bond donors (Lipinski definition) is 0. The molecular weight excluding hydrogens is 458 g/mol. The van der Waals surface area contributed by atoms with Gasteiger partial charge in [0.25, 0.3) is 0 Å². The second-order valence-electron chi connectivity index (χ2n) is 8.92. The topological polar surface area (TPSA) is 58.4 Å². The molecule has 0 bridgehead atoms. The van der Waals surface area contributed by atoms with E-state index in [0.717, 1.165) is 57.7 Å². The molecule has 0 N–H and O–H groups in total. The molecule has 0 radical (unpaired) electrons. The van der Waals surface area contributed by atoms with Crippen molar-refractivity contribution in [2.75, 3.05) is 25.1 Å². The highest BCUT2D eigenvalue weighted by atomic mass is 35.5. The lowest BCUT2D eigenvalue weighted by molar-refractivity contribution is -0.00521. The molecule has 3 aromatic carbocycles. The molecular formula is C29H26ClN3O2. The highest BCUT2D eigenvalue weighted by Gasteiger charge is 2.23. The van der Waals surface area contributed by atoms with E-state index in [2.05, 4.69) is 30.9 Å². The maximum atomic E-state index is 9.12. The van der Waals surface area contributed by atoms with Crippen molar-refractivity contribution in [3.63, 3.8) is 0 Å². The Bertz CT molecular complexity index is 1420. The van der Waals surface area contributed by atoms with Crippen LogP contribution < -0.4 is 9.64 Å². The quantitative estimate of drug-likeness (QED) is 0.322. The number of rotatable bonds is 4. The Hall–Kier alpha value is -3.59. The van der Waals surface area contributed by atoms with E-state index < -0.39 is 0 Å². The van der Waals surface area contributed by atoms with Crippen molar-refractivity contribution in [2.24, 2.45) is 0 Å². The summed E-state index contributed by atoms with van der Waals surface area (Å²) in [5, 5.41) is 10.7. The summed E-state index contributed by atoms with van der Waals surface area (Å²) in [5.41, 5.74) is 6.23. The monoisotopic (exact) mass is 483 g/mol. The molecule has 0 saturated carbocycles. The summed E-state index contributed by atoms with van der Waals surface area (Å²) in [4.78, 5) is 7.14. The third-order valence-corrected chi connectivity index (χ3v) is 6.72. The van der Waals surface area contributed by atoms with E-state index in [1.54, 1.807) is 7.11 Å². The zero-order valence-corrected chi connectivity index (χ0v) is 20.7. The number of benzene rings is 3. The first-order valence-corrected chi connectivity index (χ1v) is 12.0. The van der Waals surface area contributed by atoms with E-state index in [1.807, 2.05) is 60.8 Å². The smallest absolute Gasteiger partial charge is 0.137 e. The number of halogens is 1. The van der Waals surface area contributed by atoms with Crippen LogP contribution in [0.2, 0.25) is 5.02 Å². The molecule has 1 aromatic heterocycles. The average Bonchev–Trinajstić information content (AvgIpc) is 2.87. The molecule has 5 rings (SSSR count). The van der Waals surface area contributed by atoms with Crippen LogP contribution >= 0.6 is 11.6 Å². The number of methoxy groups -OCH3 is 1. The summed E-state index contributed by atoms with van der Waals surface area (Å²) < 4.78 is 11.8. The molecule has 0 amide bonds. The van der Waals surface area contributed by atoms with Gasteiger partial charge in [-0.05, 0) is 49.7 Å². The summed E-state index contributed by atoms with van der Waals surface area (Å²) in [6.07, 6.45) is 2.17. The SMILES string of the molecule is COc1c(-c2ccc(N3CC(C)OC(C)C3)cc2Cl)cnc2c(-c3ccc(C#N)cc3)cccc12. The van der Waals surface area contributed by atoms with Gasteiger partial charge >= 0.3 is 0 Å². The zero-order valence-electron chi connectivity index (χ0n) is 20.0. The fourth-order valence-corrected chi connectivity index (χ4v) is 5.15. The third-order valence-electron chi connectivity index (χ3n) is 6.40. The molecule has 0 spiro atoms. The number of nitrogens with zero attached hydrogens (tertiary/aromatic N) is 3. The lowest BCUT2D eigenvalue weighted by Crippen LogP contribution is -2.45. The molecule has 0 aliphatic carbocycles. The van der Waals surface area contributed by atoms with Gasteiger partial charge in [-0.25, -0.2) is 0 Å². The van der Waals surface area contributed by atoms with E-state index in [9.17, 15) is 0 Å². The first kappa shape index (κ1) is 23.2. The molecule has 1 saturated heterocycles. The summed E-state index contributed by atoms with van der Waals surface area (Å²) in [6, 6.07) is 21.9. The summed E-state index contributed by atoms with van der Waals surface area (Å²) in [5.74, 6) is 0.730. The van der Waals surface area contributed by atoms with E-state index in [1.165, 1.54) is 0 Å². The van der Waals surface area contributed by atoms with Crippen molar-refractivity contribution in [1.82, 2.24) is 4.98 Å². The normalized spacial score (nSPS) is 17.9. The van der Waals surface area contributed by atoms with Crippen LogP contribution in [0.15, 0.2) is 66.9 Å². The van der Waals surface area contributed by atoms with E-state index in [4.69, 9.17) is 31.3 Å². The van der Waals surface area contributed by atoms with Crippen LogP contribution in [-0.2, 0) is 4.74 Å². The molecule has 4 aromatic rings. The Morgan fingerprint density at radius 2 is 1.74 bits per heavy atom. The van der Waals surface area contributed by atoms with Gasteiger partial charge in [-0.1, -0.05) is 41.9 Å². The number of para-hydroxylation sites is 1. The van der Waals surface area contributed by atoms with Gasteiger partial charge < -0.3 is 14.4 Å². The zero-order chi connectivity index (χ0) is 24.5. The van der Waals surface area contributed by atoms with Crippen molar-refractivity contribution in [2.45, 2.75) is 26.1 Å². The largest absolute Gasteiger partial charge is 0.495 e. The predicted octanol–water partition coefficient (Wildman–Crippen LogP) is 6.72. The van der Waals surface area contributed by atoms with Gasteiger partial charge in [0, 0.05) is 47.1 Å². The Labute approximate surface area is 210 Å². The number of pyridine rings is 1. The van der Waals surface area contributed by atoms with Crippen LogP contribution in [0.5, 0.6) is 5.75 Å². The van der Waals surface area contributed by atoms with Crippen molar-refractivity contribution in [3.05, 3.63) is 77.4 Å². The number of fused-ring (bicyclic) bond motifs is 1. The number of aromatic nitrogens is 1. The third kappa shape index (κ3) is 4.43. The average molecular weight is 484 g/mol. The summed E-state index contributed by atoms with van der Waals surface area (Å²) >= 11 is 6.82. The predicted molar refractivity (Wildman–Crippen MR) is 141 cm³/mol. The van der Waals surface area contributed by atoms with Crippen molar-refractivity contribution in [3.8, 4) is 34.1 Å². The van der Waals surface area contributed by atoms with Crippen LogP contribution in [0.3, 0.4) is 0 Å². The fraction of sp³-hybridized carbons (Fsp3) is 0.241. The van der Waals surface area contributed by atoms with Gasteiger partial charge in [-0.2, -0.15) is 5.26 Å². The Morgan fingerprint density at radius 3 is 2.40 bits per heavy atom. The van der Waals surface area contributed by atoms with Crippen molar-refractivity contribution < 1.29 is 9.47 Å². The highest BCUT2D eigenvalue weighted by Crippen LogP contribution is 2.42. The van der Waals surface area contributed by atoms with Gasteiger partial charge in [-0.15, -0.1) is 0 Å². The van der Waals surface area contributed by atoms with Gasteiger partial charge in [0.1, 0.15) is 5.75 Å². The van der Waals surface area contributed by atoms with Crippen LogP contribution in [-0.4, -0.2) is 37.4 Å². The number of morpholine rings is 1. The fourth-order valence-electron chi connectivity index (χ4n) is 4.88. The number of nitriles is 1. The molecule has 6 heteroatoms. The van der Waals surface area contributed by atoms with Crippen LogP contribution in [0.25, 0.3) is 33.2 Å². The molecule has 2 heterocycles. The van der Waals surface area contributed by atoms with Gasteiger partial charge in [0.15, 0.2) is 0 Å². The van der Waals surface area contributed by atoms with Crippen molar-refractivity contribution >= 4 is 28.2 Å². The summed E-state index contributed by atoms with van der Waals surface area (Å²) in [7, 11) is 1.67. The van der Waals surface area contributed by atoms with E-state index in [-0.39, 0.29) is 12.2 Å². The maximum Gasteiger partial charge on any atom is 0.137 e. The first-order chi connectivity index (χ1) is 17.0. The van der Waals surface area contributed by atoms with Crippen LogP contribution in [0, 0.1) is 11.3 Å². The second kappa shape index (κ2) is 9.58. The molecule has 2 unspecified atom stereocenters. The minimum Gasteiger partial charge on any atom is -0.495 e.